The summed E-state index contributed by atoms with van der Waals surface area (Å²) in [7, 11) is -3.38. The number of nitrogens with one attached hydrogen (secondary N) is 1. The minimum Gasteiger partial charge on any atom is -0.476 e. The SMILES string of the molecule is CCOC(=O)c1cc2n(n1)CC(NS(=O)(=O)C1CC1(C)C)CO2. The van der Waals surface area contributed by atoms with Crippen LogP contribution < -0.4 is 9.46 Å². The van der Waals surface area contributed by atoms with E-state index in [2.05, 4.69) is 9.82 Å². The highest BCUT2D eigenvalue weighted by Crippen LogP contribution is 2.49. The van der Waals surface area contributed by atoms with E-state index in [0.717, 1.165) is 0 Å². The summed E-state index contributed by atoms with van der Waals surface area (Å²) in [5.41, 5.74) is -0.0105. The van der Waals surface area contributed by atoms with Crippen LogP contribution in [0.15, 0.2) is 6.07 Å². The number of esters is 1. The van der Waals surface area contributed by atoms with Crippen LogP contribution in [-0.4, -0.2) is 48.7 Å². The zero-order chi connectivity index (χ0) is 16.8. The van der Waals surface area contributed by atoms with Crippen molar-refractivity contribution in [3.63, 3.8) is 0 Å². The molecule has 8 nitrogen and oxygen atoms in total. The summed E-state index contributed by atoms with van der Waals surface area (Å²) in [6.45, 7) is 6.38. The molecular formula is C14H21N3O5S. The average molecular weight is 343 g/mol. The van der Waals surface area contributed by atoms with Gasteiger partial charge in [0.15, 0.2) is 5.69 Å². The van der Waals surface area contributed by atoms with E-state index in [0.29, 0.717) is 18.8 Å². The van der Waals surface area contributed by atoms with E-state index >= 15 is 0 Å². The van der Waals surface area contributed by atoms with Gasteiger partial charge in [0, 0.05) is 6.07 Å². The van der Waals surface area contributed by atoms with Crippen LogP contribution in [-0.2, 0) is 21.3 Å². The summed E-state index contributed by atoms with van der Waals surface area (Å²) in [5.74, 6) is -0.0786. The fourth-order valence-electron chi connectivity index (χ4n) is 2.73. The molecule has 2 heterocycles. The van der Waals surface area contributed by atoms with Crippen LogP contribution in [0.5, 0.6) is 5.88 Å². The molecule has 128 valence electrons. The second-order valence-electron chi connectivity index (χ2n) is 6.62. The molecule has 1 aliphatic carbocycles. The lowest BCUT2D eigenvalue weighted by molar-refractivity contribution is 0.0518. The molecular weight excluding hydrogens is 322 g/mol. The van der Waals surface area contributed by atoms with Gasteiger partial charge < -0.3 is 9.47 Å². The van der Waals surface area contributed by atoms with Crippen molar-refractivity contribution in [2.45, 2.75) is 45.0 Å². The molecule has 0 amide bonds. The summed E-state index contributed by atoms with van der Waals surface area (Å²) < 4.78 is 39.2. The number of hydrogen-bond acceptors (Lipinski definition) is 6. The van der Waals surface area contributed by atoms with Crippen LogP contribution in [0.4, 0.5) is 0 Å². The Kier molecular flexibility index (Phi) is 3.88. The van der Waals surface area contributed by atoms with Gasteiger partial charge in [0.25, 0.3) is 0 Å². The Labute approximate surface area is 135 Å². The third-order valence-electron chi connectivity index (χ3n) is 4.18. The molecule has 1 saturated carbocycles. The number of carbonyl (C=O) groups excluding carboxylic acids is 1. The molecule has 1 fully saturated rings. The summed E-state index contributed by atoms with van der Waals surface area (Å²) in [6, 6.07) is 1.10. The van der Waals surface area contributed by atoms with Crippen molar-refractivity contribution in [3.8, 4) is 5.88 Å². The zero-order valence-electron chi connectivity index (χ0n) is 13.4. The maximum absolute atomic E-state index is 12.3. The Balaban J connectivity index is 1.67. The first-order valence-corrected chi connectivity index (χ1v) is 9.16. The maximum Gasteiger partial charge on any atom is 0.358 e. The first-order chi connectivity index (χ1) is 10.7. The molecule has 1 aromatic heterocycles. The molecule has 1 aliphatic heterocycles. The zero-order valence-corrected chi connectivity index (χ0v) is 14.2. The van der Waals surface area contributed by atoms with Crippen LogP contribution in [0.2, 0.25) is 0 Å². The molecule has 0 bridgehead atoms. The lowest BCUT2D eigenvalue weighted by atomic mass is 10.2. The second kappa shape index (κ2) is 5.48. The van der Waals surface area contributed by atoms with Gasteiger partial charge in [-0.1, -0.05) is 13.8 Å². The Hall–Kier alpha value is -1.61. The highest BCUT2D eigenvalue weighted by molar-refractivity contribution is 7.90. The van der Waals surface area contributed by atoms with Crippen molar-refractivity contribution in [2.75, 3.05) is 13.2 Å². The second-order valence-corrected chi connectivity index (χ2v) is 8.52. The fraction of sp³-hybridized carbons (Fsp3) is 0.714. The lowest BCUT2D eigenvalue weighted by Gasteiger charge is -2.24. The smallest absolute Gasteiger partial charge is 0.358 e. The first-order valence-electron chi connectivity index (χ1n) is 7.62. The van der Waals surface area contributed by atoms with Gasteiger partial charge in [-0.25, -0.2) is 22.6 Å². The molecule has 0 spiro atoms. The monoisotopic (exact) mass is 343 g/mol. The summed E-state index contributed by atoms with van der Waals surface area (Å²) in [4.78, 5) is 11.7. The van der Waals surface area contributed by atoms with Crippen molar-refractivity contribution in [1.29, 1.82) is 0 Å². The number of ether oxygens (including phenoxy) is 2. The van der Waals surface area contributed by atoms with E-state index in [1.165, 1.54) is 10.7 Å². The number of fused-ring (bicyclic) bond motifs is 1. The molecule has 0 radical (unpaired) electrons. The fourth-order valence-corrected chi connectivity index (χ4v) is 4.99. The number of sulfonamides is 1. The van der Waals surface area contributed by atoms with Gasteiger partial charge in [-0.2, -0.15) is 5.10 Å². The largest absolute Gasteiger partial charge is 0.476 e. The van der Waals surface area contributed by atoms with Crippen LogP contribution in [0, 0.1) is 5.41 Å². The third kappa shape index (κ3) is 3.20. The van der Waals surface area contributed by atoms with E-state index in [4.69, 9.17) is 9.47 Å². The van der Waals surface area contributed by atoms with E-state index < -0.39 is 22.0 Å². The third-order valence-corrected chi connectivity index (χ3v) is 6.40. The highest BCUT2D eigenvalue weighted by Gasteiger charge is 2.54. The summed E-state index contributed by atoms with van der Waals surface area (Å²) >= 11 is 0. The standard InChI is InChI=1S/C14H21N3O5S/c1-4-21-13(18)10-5-12-17(15-10)7-9(8-22-12)16-23(19,20)11-6-14(11,2)3/h5,9,11,16H,4,6-8H2,1-3H3. The normalized spacial score (nSPS) is 25.3. The molecule has 1 N–H and O–H groups in total. The average Bonchev–Trinajstić information content (AvgIpc) is 2.94. The number of hydrogen-bond donors (Lipinski definition) is 1. The Morgan fingerprint density at radius 3 is 2.87 bits per heavy atom. The van der Waals surface area contributed by atoms with E-state index in [-0.39, 0.29) is 29.6 Å². The molecule has 1 aromatic rings. The van der Waals surface area contributed by atoms with Crippen molar-refractivity contribution in [3.05, 3.63) is 11.8 Å². The minimum atomic E-state index is -3.38. The lowest BCUT2D eigenvalue weighted by Crippen LogP contribution is -2.46. The van der Waals surface area contributed by atoms with Gasteiger partial charge in [0.05, 0.1) is 24.4 Å². The van der Waals surface area contributed by atoms with E-state index in [9.17, 15) is 13.2 Å². The van der Waals surface area contributed by atoms with Crippen LogP contribution in [0.1, 0.15) is 37.7 Å². The number of carbonyl (C=O) groups is 1. The molecule has 3 rings (SSSR count). The summed E-state index contributed by atoms with van der Waals surface area (Å²) in [5, 5.41) is 3.76. The molecule has 2 unspecified atom stereocenters. The van der Waals surface area contributed by atoms with Crippen molar-refractivity contribution >= 4 is 16.0 Å². The molecule has 0 saturated heterocycles. The Morgan fingerprint density at radius 2 is 2.26 bits per heavy atom. The maximum atomic E-state index is 12.3. The van der Waals surface area contributed by atoms with Crippen molar-refractivity contribution in [2.24, 2.45) is 5.41 Å². The van der Waals surface area contributed by atoms with Gasteiger partial charge in [0.1, 0.15) is 6.61 Å². The van der Waals surface area contributed by atoms with E-state index in [1.807, 2.05) is 13.8 Å². The minimum absolute atomic E-state index is 0.161. The Morgan fingerprint density at radius 1 is 1.57 bits per heavy atom. The van der Waals surface area contributed by atoms with Gasteiger partial charge in [-0.15, -0.1) is 0 Å². The molecule has 2 atom stereocenters. The van der Waals surface area contributed by atoms with Crippen molar-refractivity contribution in [1.82, 2.24) is 14.5 Å². The van der Waals surface area contributed by atoms with Gasteiger partial charge in [0.2, 0.25) is 15.9 Å². The van der Waals surface area contributed by atoms with Crippen LogP contribution >= 0.6 is 0 Å². The topological polar surface area (TPSA) is 99.5 Å². The number of rotatable bonds is 5. The highest BCUT2D eigenvalue weighted by atomic mass is 32.2. The molecule has 9 heteroatoms. The molecule has 0 aromatic carbocycles. The quantitative estimate of drug-likeness (QED) is 0.783. The first kappa shape index (κ1) is 16.3. The number of nitrogens with zero attached hydrogens (tertiary/aromatic N) is 2. The van der Waals surface area contributed by atoms with Crippen LogP contribution in [0.25, 0.3) is 0 Å². The predicted molar refractivity (Wildman–Crippen MR) is 81.7 cm³/mol. The molecule has 2 aliphatic rings. The van der Waals surface area contributed by atoms with Gasteiger partial charge in [-0.3, -0.25) is 0 Å². The predicted octanol–water partition coefficient (Wildman–Crippen LogP) is 0.539. The Bertz CT molecular complexity index is 725. The summed E-state index contributed by atoms with van der Waals surface area (Å²) in [6.07, 6.45) is 0.663. The number of aromatic nitrogens is 2. The molecule has 23 heavy (non-hydrogen) atoms. The van der Waals surface area contributed by atoms with Gasteiger partial charge >= 0.3 is 5.97 Å². The van der Waals surface area contributed by atoms with Crippen LogP contribution in [0.3, 0.4) is 0 Å². The van der Waals surface area contributed by atoms with Gasteiger partial charge in [-0.05, 0) is 18.8 Å². The van der Waals surface area contributed by atoms with Crippen molar-refractivity contribution < 1.29 is 22.7 Å². The van der Waals surface area contributed by atoms with E-state index in [1.54, 1.807) is 6.92 Å².